The van der Waals surface area contributed by atoms with Crippen molar-refractivity contribution in [2.75, 3.05) is 17.1 Å². The van der Waals surface area contributed by atoms with Gasteiger partial charge in [-0.3, -0.25) is 13.9 Å². The SMILES string of the molecule is CC[C@H](C)NC(=O)[C@H](CC)N(Cc1c(Cl)cccc1Cl)C(=O)CN(c1ccc(Br)cc1)S(C)(=O)=O. The summed E-state index contributed by atoms with van der Waals surface area (Å²) in [6.07, 6.45) is 2.07. The molecule has 0 aliphatic rings. The van der Waals surface area contributed by atoms with Crippen LogP contribution >= 0.6 is 39.1 Å². The molecular formula is C24H30BrCl2N3O4S. The van der Waals surface area contributed by atoms with Crippen LogP contribution < -0.4 is 9.62 Å². The fourth-order valence-electron chi connectivity index (χ4n) is 3.44. The third-order valence-electron chi connectivity index (χ3n) is 5.57. The van der Waals surface area contributed by atoms with Crippen molar-refractivity contribution in [1.82, 2.24) is 10.2 Å². The number of sulfonamides is 1. The first-order valence-corrected chi connectivity index (χ1v) is 14.5. The average molecular weight is 607 g/mol. The summed E-state index contributed by atoms with van der Waals surface area (Å²) >= 11 is 16.1. The normalized spacial score (nSPS) is 13.1. The third-order valence-corrected chi connectivity index (χ3v) is 7.95. The Morgan fingerprint density at radius 1 is 1.03 bits per heavy atom. The molecule has 0 aromatic heterocycles. The molecule has 2 amide bonds. The molecule has 0 spiro atoms. The van der Waals surface area contributed by atoms with Crippen molar-refractivity contribution in [3.05, 3.63) is 62.5 Å². The lowest BCUT2D eigenvalue weighted by Crippen LogP contribution is -2.53. The van der Waals surface area contributed by atoms with E-state index in [1.54, 1.807) is 49.4 Å². The molecule has 2 aromatic carbocycles. The predicted molar refractivity (Wildman–Crippen MR) is 145 cm³/mol. The Hall–Kier alpha value is -1.81. The zero-order chi connectivity index (χ0) is 26.3. The van der Waals surface area contributed by atoms with Gasteiger partial charge in [0, 0.05) is 32.7 Å². The second-order valence-corrected chi connectivity index (χ2v) is 11.8. The Labute approximate surface area is 225 Å². The van der Waals surface area contributed by atoms with Gasteiger partial charge in [0.25, 0.3) is 0 Å². The van der Waals surface area contributed by atoms with E-state index < -0.39 is 28.5 Å². The van der Waals surface area contributed by atoms with Crippen LogP contribution in [0.25, 0.3) is 0 Å². The van der Waals surface area contributed by atoms with Gasteiger partial charge in [-0.05, 0) is 56.2 Å². The molecule has 0 heterocycles. The second kappa shape index (κ2) is 12.9. The van der Waals surface area contributed by atoms with Crippen LogP contribution in [-0.2, 0) is 26.2 Å². The molecule has 0 radical (unpaired) electrons. The Bertz CT molecular complexity index is 1130. The lowest BCUT2D eigenvalue weighted by molar-refractivity contribution is -0.140. The van der Waals surface area contributed by atoms with Crippen LogP contribution in [0.4, 0.5) is 5.69 Å². The van der Waals surface area contributed by atoms with Crippen LogP contribution in [0.15, 0.2) is 46.9 Å². The van der Waals surface area contributed by atoms with Crippen LogP contribution in [0.5, 0.6) is 0 Å². The van der Waals surface area contributed by atoms with Gasteiger partial charge in [0.05, 0.1) is 11.9 Å². The number of hydrogen-bond donors (Lipinski definition) is 1. The standard InChI is InChI=1S/C24H30BrCl2N3O4S/c1-5-16(3)28-24(32)22(6-2)29(14-19-20(26)8-7-9-21(19)27)23(31)15-30(35(4,33)34)18-12-10-17(25)11-13-18/h7-13,16,22H,5-6,14-15H2,1-4H3,(H,28,32)/t16-,22-/m0/s1. The molecule has 1 N–H and O–H groups in total. The van der Waals surface area contributed by atoms with Gasteiger partial charge >= 0.3 is 0 Å². The molecule has 0 aliphatic heterocycles. The quantitative estimate of drug-likeness (QED) is 0.379. The number of hydrogen-bond acceptors (Lipinski definition) is 4. The highest BCUT2D eigenvalue weighted by Gasteiger charge is 2.32. The van der Waals surface area contributed by atoms with Crippen LogP contribution in [0.1, 0.15) is 39.2 Å². The van der Waals surface area contributed by atoms with Crippen molar-refractivity contribution >= 4 is 66.7 Å². The molecule has 2 aromatic rings. The summed E-state index contributed by atoms with van der Waals surface area (Å²) in [5, 5.41) is 3.61. The molecule has 0 saturated carbocycles. The predicted octanol–water partition coefficient (Wildman–Crippen LogP) is 5.24. The Morgan fingerprint density at radius 3 is 2.09 bits per heavy atom. The monoisotopic (exact) mass is 605 g/mol. The fourth-order valence-corrected chi connectivity index (χ4v) is 5.07. The van der Waals surface area contributed by atoms with Crippen LogP contribution in [0, 0.1) is 0 Å². The highest BCUT2D eigenvalue weighted by molar-refractivity contribution is 9.10. The first-order chi connectivity index (χ1) is 16.4. The molecule has 0 saturated heterocycles. The lowest BCUT2D eigenvalue weighted by atomic mass is 10.1. The number of benzene rings is 2. The topological polar surface area (TPSA) is 86.8 Å². The molecular weight excluding hydrogens is 577 g/mol. The molecule has 0 fully saturated rings. The summed E-state index contributed by atoms with van der Waals surface area (Å²) in [6.45, 7) is 5.07. The van der Waals surface area contributed by atoms with Crippen LogP contribution in [0.3, 0.4) is 0 Å². The number of carbonyl (C=O) groups excluding carboxylic acids is 2. The van der Waals surface area contributed by atoms with E-state index in [1.165, 1.54) is 4.90 Å². The van der Waals surface area contributed by atoms with Gasteiger partial charge in [0.1, 0.15) is 12.6 Å². The van der Waals surface area contributed by atoms with Crippen LogP contribution in [0.2, 0.25) is 10.0 Å². The summed E-state index contributed by atoms with van der Waals surface area (Å²) in [4.78, 5) is 28.2. The van der Waals surface area contributed by atoms with Gasteiger partial charge in [-0.1, -0.05) is 59.0 Å². The van der Waals surface area contributed by atoms with E-state index in [-0.39, 0.29) is 18.5 Å². The van der Waals surface area contributed by atoms with E-state index in [0.29, 0.717) is 27.7 Å². The zero-order valence-corrected chi connectivity index (χ0v) is 24.0. The molecule has 2 atom stereocenters. The minimum absolute atomic E-state index is 0.0539. The molecule has 0 aliphatic carbocycles. The minimum Gasteiger partial charge on any atom is -0.352 e. The maximum absolute atomic E-state index is 13.7. The van der Waals surface area contributed by atoms with Gasteiger partial charge < -0.3 is 10.2 Å². The zero-order valence-electron chi connectivity index (χ0n) is 20.1. The fraction of sp³-hybridized carbons (Fsp3) is 0.417. The number of rotatable bonds is 11. The van der Waals surface area contributed by atoms with Gasteiger partial charge in [-0.15, -0.1) is 0 Å². The lowest BCUT2D eigenvalue weighted by Gasteiger charge is -2.33. The second-order valence-electron chi connectivity index (χ2n) is 8.21. The van der Waals surface area contributed by atoms with E-state index in [2.05, 4.69) is 21.2 Å². The maximum atomic E-state index is 13.7. The number of carbonyl (C=O) groups is 2. The largest absolute Gasteiger partial charge is 0.352 e. The first-order valence-electron chi connectivity index (χ1n) is 11.1. The molecule has 0 bridgehead atoms. The minimum atomic E-state index is -3.81. The number of nitrogens with zero attached hydrogens (tertiary/aromatic N) is 2. The molecule has 35 heavy (non-hydrogen) atoms. The molecule has 11 heteroatoms. The Kier molecular flexibility index (Phi) is 10.9. The third kappa shape index (κ3) is 8.10. The number of halogens is 3. The Morgan fingerprint density at radius 2 is 1.60 bits per heavy atom. The van der Waals surface area contributed by atoms with Gasteiger partial charge in [-0.2, -0.15) is 0 Å². The smallest absolute Gasteiger partial charge is 0.244 e. The maximum Gasteiger partial charge on any atom is 0.244 e. The first kappa shape index (κ1) is 29.4. The Balaban J connectivity index is 2.49. The summed E-state index contributed by atoms with van der Waals surface area (Å²) in [6, 6.07) is 10.6. The van der Waals surface area contributed by atoms with E-state index >= 15 is 0 Å². The van der Waals surface area contributed by atoms with E-state index in [1.807, 2.05) is 13.8 Å². The van der Waals surface area contributed by atoms with Crippen molar-refractivity contribution in [1.29, 1.82) is 0 Å². The van der Waals surface area contributed by atoms with Gasteiger partial charge in [0.15, 0.2) is 0 Å². The molecule has 2 rings (SSSR count). The summed E-state index contributed by atoms with van der Waals surface area (Å²) in [5.74, 6) is -0.881. The molecule has 7 nitrogen and oxygen atoms in total. The van der Waals surface area contributed by atoms with Crippen molar-refractivity contribution < 1.29 is 18.0 Å². The van der Waals surface area contributed by atoms with Crippen molar-refractivity contribution in [2.45, 2.75) is 52.2 Å². The molecule has 0 unspecified atom stereocenters. The number of amides is 2. The van der Waals surface area contributed by atoms with E-state index in [0.717, 1.165) is 21.5 Å². The van der Waals surface area contributed by atoms with E-state index in [9.17, 15) is 18.0 Å². The number of nitrogens with one attached hydrogen (secondary N) is 1. The van der Waals surface area contributed by atoms with Gasteiger partial charge in [0.2, 0.25) is 21.8 Å². The highest BCUT2D eigenvalue weighted by atomic mass is 79.9. The molecule has 192 valence electrons. The van der Waals surface area contributed by atoms with Crippen molar-refractivity contribution in [3.63, 3.8) is 0 Å². The summed E-state index contributed by atoms with van der Waals surface area (Å²) in [7, 11) is -3.81. The summed E-state index contributed by atoms with van der Waals surface area (Å²) < 4.78 is 27.0. The summed E-state index contributed by atoms with van der Waals surface area (Å²) in [5.41, 5.74) is 0.811. The van der Waals surface area contributed by atoms with Crippen LogP contribution in [-0.4, -0.2) is 50.0 Å². The average Bonchev–Trinajstić information content (AvgIpc) is 2.78. The van der Waals surface area contributed by atoms with Gasteiger partial charge in [-0.25, -0.2) is 8.42 Å². The number of anilines is 1. The van der Waals surface area contributed by atoms with Crippen molar-refractivity contribution in [2.24, 2.45) is 0 Å². The highest BCUT2D eigenvalue weighted by Crippen LogP contribution is 2.28. The van der Waals surface area contributed by atoms with Crippen molar-refractivity contribution in [3.8, 4) is 0 Å². The van der Waals surface area contributed by atoms with E-state index in [4.69, 9.17) is 23.2 Å².